The van der Waals surface area contributed by atoms with Crippen molar-refractivity contribution in [2.24, 2.45) is 0 Å². The Kier molecular flexibility index (Phi) is 4.30. The molecule has 0 spiro atoms. The van der Waals surface area contributed by atoms with Crippen molar-refractivity contribution < 1.29 is 9.90 Å². The van der Waals surface area contributed by atoms with E-state index in [1.165, 1.54) is 11.3 Å². The van der Waals surface area contributed by atoms with Crippen molar-refractivity contribution in [1.29, 1.82) is 0 Å². The number of aromatic nitrogens is 1. The summed E-state index contributed by atoms with van der Waals surface area (Å²) >= 11 is 1.33. The number of aliphatic hydroxyl groups is 1. The molecule has 21 heavy (non-hydrogen) atoms. The summed E-state index contributed by atoms with van der Waals surface area (Å²) in [5.41, 5.74) is 5.92. The molecule has 0 radical (unpaired) electrons. The molecule has 1 aromatic heterocycles. The maximum Gasteiger partial charge on any atom is 0.268 e. The molecule has 0 aromatic carbocycles. The molecule has 2 aliphatic carbocycles. The van der Waals surface area contributed by atoms with Crippen LogP contribution in [0, 0.1) is 0 Å². The predicted molar refractivity (Wildman–Crippen MR) is 83.5 cm³/mol. The van der Waals surface area contributed by atoms with Gasteiger partial charge in [-0.1, -0.05) is 24.2 Å². The second-order valence-corrected chi connectivity index (χ2v) is 6.81. The molecule has 2 saturated carbocycles. The Labute approximate surface area is 128 Å². The van der Waals surface area contributed by atoms with E-state index in [1.807, 2.05) is 0 Å². The monoisotopic (exact) mass is 310 g/mol. The number of nitrogen functional groups attached to an aromatic ring is 1. The minimum absolute atomic E-state index is 0.0197. The summed E-state index contributed by atoms with van der Waals surface area (Å²) < 4.78 is 0. The Balaban J connectivity index is 1.75. The van der Waals surface area contributed by atoms with Crippen molar-refractivity contribution in [3.63, 3.8) is 0 Å². The van der Waals surface area contributed by atoms with Crippen molar-refractivity contribution in [2.75, 3.05) is 24.2 Å². The Hall–Kier alpha value is -1.34. The van der Waals surface area contributed by atoms with E-state index < -0.39 is 0 Å². The van der Waals surface area contributed by atoms with E-state index in [2.05, 4.69) is 10.3 Å². The summed E-state index contributed by atoms with van der Waals surface area (Å²) in [7, 11) is 0. The summed E-state index contributed by atoms with van der Waals surface area (Å²) in [5.74, 6) is 0.212. The Bertz CT molecular complexity index is 509. The second-order valence-electron chi connectivity index (χ2n) is 5.81. The number of hydrogen-bond acceptors (Lipinski definition) is 6. The number of rotatable bonds is 6. The first-order valence-corrected chi connectivity index (χ1v) is 8.45. The number of hydrogen-bond donors (Lipinski definition) is 3. The number of anilines is 2. The minimum atomic E-state index is -0.0882. The lowest BCUT2D eigenvalue weighted by Crippen LogP contribution is -2.40. The molecule has 0 unspecified atom stereocenters. The van der Waals surface area contributed by atoms with Crippen LogP contribution in [-0.4, -0.2) is 46.1 Å². The fraction of sp³-hybridized carbons (Fsp3) is 0.714. The SMILES string of the molecule is Nc1nc(NC2CC2)sc1C(=O)N(CCO)C1CCCC1. The van der Waals surface area contributed by atoms with Crippen LogP contribution < -0.4 is 11.1 Å². The molecule has 0 aliphatic heterocycles. The van der Waals surface area contributed by atoms with Crippen LogP contribution in [0.2, 0.25) is 0 Å². The third-order valence-electron chi connectivity index (χ3n) is 4.12. The lowest BCUT2D eigenvalue weighted by atomic mass is 10.2. The molecule has 7 heteroatoms. The molecule has 1 aromatic rings. The number of nitrogens with two attached hydrogens (primary N) is 1. The van der Waals surface area contributed by atoms with Gasteiger partial charge in [-0.2, -0.15) is 0 Å². The number of amides is 1. The minimum Gasteiger partial charge on any atom is -0.395 e. The number of nitrogens with zero attached hydrogens (tertiary/aromatic N) is 2. The van der Waals surface area contributed by atoms with Gasteiger partial charge in [0, 0.05) is 18.6 Å². The highest BCUT2D eigenvalue weighted by molar-refractivity contribution is 7.18. The maximum absolute atomic E-state index is 12.7. The van der Waals surface area contributed by atoms with Gasteiger partial charge in [-0.25, -0.2) is 4.98 Å². The molecule has 0 atom stereocenters. The van der Waals surface area contributed by atoms with Crippen molar-refractivity contribution in [3.8, 4) is 0 Å². The van der Waals surface area contributed by atoms with Gasteiger partial charge < -0.3 is 21.1 Å². The van der Waals surface area contributed by atoms with Crippen LogP contribution in [-0.2, 0) is 0 Å². The Morgan fingerprint density at radius 3 is 2.71 bits per heavy atom. The standard InChI is InChI=1S/C14H22N4O2S/c15-12-11(21-14(17-12)16-9-5-6-9)13(20)18(7-8-19)10-3-1-2-4-10/h9-10,19H,1-8,15H2,(H,16,17). The van der Waals surface area contributed by atoms with Crippen molar-refractivity contribution >= 4 is 28.2 Å². The number of thiazole rings is 1. The quantitative estimate of drug-likeness (QED) is 0.743. The van der Waals surface area contributed by atoms with E-state index in [-0.39, 0.29) is 18.6 Å². The van der Waals surface area contributed by atoms with Gasteiger partial charge >= 0.3 is 0 Å². The van der Waals surface area contributed by atoms with Crippen LogP contribution in [0.5, 0.6) is 0 Å². The van der Waals surface area contributed by atoms with Crippen molar-refractivity contribution in [3.05, 3.63) is 4.88 Å². The number of carbonyl (C=O) groups excluding carboxylic acids is 1. The predicted octanol–water partition coefficient (Wildman–Crippen LogP) is 1.68. The van der Waals surface area contributed by atoms with Crippen molar-refractivity contribution in [2.45, 2.75) is 50.6 Å². The molecule has 1 amide bonds. The number of carbonyl (C=O) groups is 1. The molecule has 0 saturated heterocycles. The van der Waals surface area contributed by atoms with E-state index in [1.54, 1.807) is 4.90 Å². The molecule has 116 valence electrons. The molecule has 2 aliphatic rings. The second kappa shape index (κ2) is 6.19. The Morgan fingerprint density at radius 2 is 2.10 bits per heavy atom. The summed E-state index contributed by atoms with van der Waals surface area (Å²) in [6.07, 6.45) is 6.62. The fourth-order valence-electron chi connectivity index (χ4n) is 2.85. The average molecular weight is 310 g/mol. The van der Waals surface area contributed by atoms with Crippen LogP contribution in [0.15, 0.2) is 0 Å². The molecule has 0 bridgehead atoms. The number of aliphatic hydroxyl groups excluding tert-OH is 1. The fourth-order valence-corrected chi connectivity index (χ4v) is 3.77. The first-order valence-electron chi connectivity index (χ1n) is 7.63. The van der Waals surface area contributed by atoms with E-state index in [9.17, 15) is 9.90 Å². The molecule has 2 fully saturated rings. The van der Waals surface area contributed by atoms with Gasteiger partial charge in [0.1, 0.15) is 10.7 Å². The average Bonchev–Trinajstić information content (AvgIpc) is 2.98. The van der Waals surface area contributed by atoms with E-state index in [0.29, 0.717) is 23.3 Å². The molecule has 6 nitrogen and oxygen atoms in total. The zero-order chi connectivity index (χ0) is 14.8. The third-order valence-corrected chi connectivity index (χ3v) is 5.11. The molecule has 4 N–H and O–H groups in total. The van der Waals surface area contributed by atoms with Gasteiger partial charge in [0.2, 0.25) is 0 Å². The zero-order valence-corrected chi connectivity index (χ0v) is 12.9. The van der Waals surface area contributed by atoms with Gasteiger partial charge in [-0.05, 0) is 25.7 Å². The van der Waals surface area contributed by atoms with Crippen LogP contribution >= 0.6 is 11.3 Å². The van der Waals surface area contributed by atoms with Crippen LogP contribution in [0.3, 0.4) is 0 Å². The van der Waals surface area contributed by atoms with Crippen LogP contribution in [0.4, 0.5) is 10.9 Å². The lowest BCUT2D eigenvalue weighted by Gasteiger charge is -2.27. The van der Waals surface area contributed by atoms with Gasteiger partial charge in [-0.15, -0.1) is 0 Å². The van der Waals surface area contributed by atoms with Gasteiger partial charge in [0.15, 0.2) is 5.13 Å². The highest BCUT2D eigenvalue weighted by Crippen LogP contribution is 2.32. The van der Waals surface area contributed by atoms with Gasteiger partial charge in [0.05, 0.1) is 6.61 Å². The first-order chi connectivity index (χ1) is 10.2. The van der Waals surface area contributed by atoms with E-state index in [0.717, 1.165) is 43.7 Å². The zero-order valence-electron chi connectivity index (χ0n) is 12.0. The summed E-state index contributed by atoms with van der Waals surface area (Å²) in [5, 5.41) is 13.3. The summed E-state index contributed by atoms with van der Waals surface area (Å²) in [6.45, 7) is 0.348. The normalized spacial score (nSPS) is 18.9. The Morgan fingerprint density at radius 1 is 1.38 bits per heavy atom. The third kappa shape index (κ3) is 3.29. The maximum atomic E-state index is 12.7. The van der Waals surface area contributed by atoms with Gasteiger partial charge in [-0.3, -0.25) is 4.79 Å². The van der Waals surface area contributed by atoms with E-state index in [4.69, 9.17) is 5.73 Å². The van der Waals surface area contributed by atoms with Crippen LogP contribution in [0.25, 0.3) is 0 Å². The largest absolute Gasteiger partial charge is 0.395 e. The van der Waals surface area contributed by atoms with Gasteiger partial charge in [0.25, 0.3) is 5.91 Å². The topological polar surface area (TPSA) is 91.5 Å². The summed E-state index contributed by atoms with van der Waals surface area (Å²) in [6, 6.07) is 0.716. The van der Waals surface area contributed by atoms with E-state index >= 15 is 0 Å². The van der Waals surface area contributed by atoms with Crippen molar-refractivity contribution in [1.82, 2.24) is 9.88 Å². The smallest absolute Gasteiger partial charge is 0.268 e. The molecular weight excluding hydrogens is 288 g/mol. The summed E-state index contributed by atoms with van der Waals surface area (Å²) in [4.78, 5) is 19.3. The molecule has 1 heterocycles. The highest BCUT2D eigenvalue weighted by atomic mass is 32.1. The molecule has 3 rings (SSSR count). The molecular formula is C14H22N4O2S. The highest BCUT2D eigenvalue weighted by Gasteiger charge is 2.30. The lowest BCUT2D eigenvalue weighted by molar-refractivity contribution is 0.0644. The van der Waals surface area contributed by atoms with Crippen LogP contribution in [0.1, 0.15) is 48.2 Å². The first kappa shape index (κ1) is 14.6. The number of nitrogens with one attached hydrogen (secondary N) is 1.